The number of benzene rings is 1. The molecular formula is C21H31N5O4. The van der Waals surface area contributed by atoms with Gasteiger partial charge < -0.3 is 20.4 Å². The van der Waals surface area contributed by atoms with Crippen LogP contribution in [-0.2, 0) is 4.79 Å². The van der Waals surface area contributed by atoms with Crippen LogP contribution in [0, 0.1) is 10.1 Å². The minimum Gasteiger partial charge on any atom is -0.368 e. The highest BCUT2D eigenvalue weighted by Crippen LogP contribution is 2.21. The molecule has 0 bridgehead atoms. The molecule has 1 saturated carbocycles. The Labute approximate surface area is 176 Å². The SMILES string of the molecule is O=C(NCCCC(=O)N1CCN(c2ccc([N+](=O)[O-])cc2)CC1)NC1CCCCC1. The average Bonchev–Trinajstić information content (AvgIpc) is 2.77. The van der Waals surface area contributed by atoms with E-state index in [0.29, 0.717) is 45.6 Å². The molecule has 30 heavy (non-hydrogen) atoms. The van der Waals surface area contributed by atoms with Crippen LogP contribution >= 0.6 is 0 Å². The molecule has 3 rings (SSSR count). The molecule has 0 radical (unpaired) electrons. The van der Waals surface area contributed by atoms with Crippen molar-refractivity contribution in [3.8, 4) is 0 Å². The van der Waals surface area contributed by atoms with Crippen LogP contribution in [0.1, 0.15) is 44.9 Å². The summed E-state index contributed by atoms with van der Waals surface area (Å²) >= 11 is 0. The first-order valence-corrected chi connectivity index (χ1v) is 10.8. The highest BCUT2D eigenvalue weighted by molar-refractivity contribution is 5.77. The maximum absolute atomic E-state index is 12.4. The van der Waals surface area contributed by atoms with Gasteiger partial charge in [0.15, 0.2) is 0 Å². The van der Waals surface area contributed by atoms with Crippen molar-refractivity contribution in [3.05, 3.63) is 34.4 Å². The fourth-order valence-corrected chi connectivity index (χ4v) is 4.08. The van der Waals surface area contributed by atoms with Gasteiger partial charge >= 0.3 is 6.03 Å². The van der Waals surface area contributed by atoms with E-state index in [1.807, 2.05) is 4.90 Å². The molecule has 9 heteroatoms. The molecule has 2 aliphatic rings. The zero-order chi connectivity index (χ0) is 21.3. The summed E-state index contributed by atoms with van der Waals surface area (Å²) in [6.07, 6.45) is 6.76. The highest BCUT2D eigenvalue weighted by Gasteiger charge is 2.21. The lowest BCUT2D eigenvalue weighted by Gasteiger charge is -2.36. The van der Waals surface area contributed by atoms with E-state index in [2.05, 4.69) is 15.5 Å². The van der Waals surface area contributed by atoms with Gasteiger partial charge in [0.05, 0.1) is 4.92 Å². The molecule has 1 saturated heterocycles. The van der Waals surface area contributed by atoms with Gasteiger partial charge in [-0.15, -0.1) is 0 Å². The minimum absolute atomic E-state index is 0.0774. The van der Waals surface area contributed by atoms with E-state index >= 15 is 0 Å². The summed E-state index contributed by atoms with van der Waals surface area (Å²) in [6, 6.07) is 6.66. The van der Waals surface area contributed by atoms with Crippen molar-refractivity contribution in [2.45, 2.75) is 51.0 Å². The third-order valence-electron chi connectivity index (χ3n) is 5.85. The predicted octanol–water partition coefficient (Wildman–Crippen LogP) is 2.66. The van der Waals surface area contributed by atoms with Crippen molar-refractivity contribution < 1.29 is 14.5 Å². The average molecular weight is 418 g/mol. The Morgan fingerprint density at radius 1 is 1.03 bits per heavy atom. The van der Waals surface area contributed by atoms with Crippen molar-refractivity contribution in [3.63, 3.8) is 0 Å². The summed E-state index contributed by atoms with van der Waals surface area (Å²) in [4.78, 5) is 38.7. The van der Waals surface area contributed by atoms with Gasteiger partial charge in [-0.25, -0.2) is 4.79 Å². The number of rotatable bonds is 7. The van der Waals surface area contributed by atoms with Crippen LogP contribution in [0.4, 0.5) is 16.2 Å². The molecule has 1 aromatic carbocycles. The second kappa shape index (κ2) is 10.8. The Kier molecular flexibility index (Phi) is 7.87. The van der Waals surface area contributed by atoms with Crippen LogP contribution in [0.5, 0.6) is 0 Å². The fraction of sp³-hybridized carbons (Fsp3) is 0.619. The summed E-state index contributed by atoms with van der Waals surface area (Å²) in [6.45, 7) is 3.15. The maximum atomic E-state index is 12.4. The van der Waals surface area contributed by atoms with Crippen molar-refractivity contribution in [1.29, 1.82) is 0 Å². The molecule has 1 aromatic rings. The predicted molar refractivity (Wildman–Crippen MR) is 115 cm³/mol. The molecule has 3 amide bonds. The van der Waals surface area contributed by atoms with E-state index in [0.717, 1.165) is 18.5 Å². The van der Waals surface area contributed by atoms with Crippen LogP contribution in [0.3, 0.4) is 0 Å². The number of amides is 3. The molecule has 9 nitrogen and oxygen atoms in total. The Hall–Kier alpha value is -2.84. The number of anilines is 1. The number of nitrogens with one attached hydrogen (secondary N) is 2. The van der Waals surface area contributed by atoms with E-state index in [4.69, 9.17) is 0 Å². The molecule has 1 aliphatic heterocycles. The third-order valence-corrected chi connectivity index (χ3v) is 5.85. The molecule has 0 aromatic heterocycles. The minimum atomic E-state index is -0.408. The number of carbonyl (C=O) groups is 2. The largest absolute Gasteiger partial charge is 0.368 e. The lowest BCUT2D eigenvalue weighted by atomic mass is 9.96. The van der Waals surface area contributed by atoms with E-state index in [1.165, 1.54) is 31.4 Å². The standard InChI is InChI=1S/C21H31N5O4/c27-20(7-4-12-22-21(28)23-17-5-2-1-3-6-17)25-15-13-24(14-16-25)18-8-10-19(11-9-18)26(29)30/h8-11,17H,1-7,12-16H2,(H2,22,23,28). The summed E-state index contributed by atoms with van der Waals surface area (Å²) in [5.41, 5.74) is 1.01. The van der Waals surface area contributed by atoms with Crippen LogP contribution in [0.2, 0.25) is 0 Å². The Morgan fingerprint density at radius 3 is 2.33 bits per heavy atom. The van der Waals surface area contributed by atoms with Crippen molar-refractivity contribution in [2.24, 2.45) is 0 Å². The van der Waals surface area contributed by atoms with Crippen LogP contribution in [0.15, 0.2) is 24.3 Å². The number of piperazine rings is 1. The lowest BCUT2D eigenvalue weighted by molar-refractivity contribution is -0.384. The van der Waals surface area contributed by atoms with Gasteiger partial charge in [0.2, 0.25) is 5.91 Å². The number of nitro benzene ring substituents is 1. The second-order valence-electron chi connectivity index (χ2n) is 7.98. The molecule has 0 atom stereocenters. The molecule has 0 unspecified atom stereocenters. The zero-order valence-corrected chi connectivity index (χ0v) is 17.3. The Balaban J connectivity index is 1.31. The number of nitro groups is 1. The van der Waals surface area contributed by atoms with Gasteiger partial charge in [-0.3, -0.25) is 14.9 Å². The Morgan fingerprint density at radius 2 is 1.70 bits per heavy atom. The third kappa shape index (κ3) is 6.33. The normalized spacial score (nSPS) is 17.5. The van der Waals surface area contributed by atoms with Gasteiger partial charge in [0.1, 0.15) is 0 Å². The molecule has 1 aliphatic carbocycles. The van der Waals surface area contributed by atoms with Gasteiger partial charge in [0.25, 0.3) is 5.69 Å². The molecule has 2 N–H and O–H groups in total. The van der Waals surface area contributed by atoms with E-state index in [9.17, 15) is 19.7 Å². The first-order chi connectivity index (χ1) is 14.5. The first-order valence-electron chi connectivity index (χ1n) is 10.8. The molecule has 1 heterocycles. The van der Waals surface area contributed by atoms with Crippen molar-refractivity contribution >= 4 is 23.3 Å². The molecule has 0 spiro atoms. The smallest absolute Gasteiger partial charge is 0.315 e. The lowest BCUT2D eigenvalue weighted by Crippen LogP contribution is -2.49. The topological polar surface area (TPSA) is 108 Å². The second-order valence-corrected chi connectivity index (χ2v) is 7.98. The number of non-ortho nitro benzene ring substituents is 1. The number of hydrogen-bond donors (Lipinski definition) is 2. The van der Waals surface area contributed by atoms with Crippen LogP contribution in [-0.4, -0.2) is 60.5 Å². The number of hydrogen-bond acceptors (Lipinski definition) is 5. The fourth-order valence-electron chi connectivity index (χ4n) is 4.08. The van der Waals surface area contributed by atoms with Crippen molar-refractivity contribution in [1.82, 2.24) is 15.5 Å². The van der Waals surface area contributed by atoms with Gasteiger partial charge in [-0.2, -0.15) is 0 Å². The van der Waals surface area contributed by atoms with Gasteiger partial charge in [0, 0.05) is 63.0 Å². The maximum Gasteiger partial charge on any atom is 0.315 e. The zero-order valence-electron chi connectivity index (χ0n) is 17.3. The molecule has 164 valence electrons. The summed E-state index contributed by atoms with van der Waals surface area (Å²) < 4.78 is 0. The van der Waals surface area contributed by atoms with Crippen molar-refractivity contribution in [2.75, 3.05) is 37.6 Å². The van der Waals surface area contributed by atoms with Crippen LogP contribution in [0.25, 0.3) is 0 Å². The quantitative estimate of drug-likeness (QED) is 0.403. The first kappa shape index (κ1) is 21.9. The monoisotopic (exact) mass is 417 g/mol. The summed E-state index contributed by atoms with van der Waals surface area (Å²) in [5.74, 6) is 0.104. The van der Waals surface area contributed by atoms with E-state index in [-0.39, 0.29) is 23.7 Å². The van der Waals surface area contributed by atoms with Gasteiger partial charge in [-0.1, -0.05) is 19.3 Å². The highest BCUT2D eigenvalue weighted by atomic mass is 16.6. The number of nitrogens with zero attached hydrogens (tertiary/aromatic N) is 3. The summed E-state index contributed by atoms with van der Waals surface area (Å²) in [7, 11) is 0. The van der Waals surface area contributed by atoms with Crippen LogP contribution < -0.4 is 15.5 Å². The number of urea groups is 1. The number of carbonyl (C=O) groups excluding carboxylic acids is 2. The van der Waals surface area contributed by atoms with E-state index < -0.39 is 4.92 Å². The summed E-state index contributed by atoms with van der Waals surface area (Å²) in [5, 5.41) is 16.6. The molecule has 2 fully saturated rings. The van der Waals surface area contributed by atoms with E-state index in [1.54, 1.807) is 12.1 Å². The molecular weight excluding hydrogens is 386 g/mol. The van der Waals surface area contributed by atoms with Gasteiger partial charge in [-0.05, 0) is 31.4 Å². The Bertz CT molecular complexity index is 725.